The third-order valence-corrected chi connectivity index (χ3v) is 3.29. The highest BCUT2D eigenvalue weighted by Gasteiger charge is 2.34. The second-order valence-electron chi connectivity index (χ2n) is 4.17. The van der Waals surface area contributed by atoms with Crippen LogP contribution >= 0.6 is 34.8 Å². The molecule has 0 fully saturated rings. The fraction of sp³-hybridized carbons (Fsp3) is 0.429. The third kappa shape index (κ3) is 4.73. The van der Waals surface area contributed by atoms with Crippen LogP contribution in [-0.4, -0.2) is 25.2 Å². The zero-order valence-corrected chi connectivity index (χ0v) is 14.1. The number of benzene rings is 1. The first-order chi connectivity index (χ1) is 10.2. The molecule has 0 aliphatic carbocycles. The number of rotatable bonds is 5. The lowest BCUT2D eigenvalue weighted by Gasteiger charge is -2.17. The highest BCUT2D eigenvalue weighted by Crippen LogP contribution is 2.40. The van der Waals surface area contributed by atoms with Gasteiger partial charge in [-0.25, -0.2) is 4.39 Å². The third-order valence-electron chi connectivity index (χ3n) is 2.68. The summed E-state index contributed by atoms with van der Waals surface area (Å²) >= 11 is 16.9. The maximum Gasteiger partial charge on any atom is 0.324 e. The van der Waals surface area contributed by atoms with E-state index in [1.165, 1.54) is 12.1 Å². The Balaban J connectivity index is 3.23. The Kier molecular flexibility index (Phi) is 6.91. The van der Waals surface area contributed by atoms with Crippen LogP contribution in [0.1, 0.15) is 30.9 Å². The lowest BCUT2D eigenvalue weighted by molar-refractivity contribution is -0.156. The van der Waals surface area contributed by atoms with Gasteiger partial charge in [-0.3, -0.25) is 9.59 Å². The van der Waals surface area contributed by atoms with Gasteiger partial charge in [-0.05, 0) is 25.5 Å². The molecule has 0 aliphatic heterocycles. The molecule has 1 rings (SSSR count). The zero-order chi connectivity index (χ0) is 16.9. The SMILES string of the molecule is CCOC(=O)C(C(=O)OCC)c1ccc(C(Cl)(Cl)Cl)c(F)c1. The molecule has 0 amide bonds. The molecule has 1 aromatic carbocycles. The Morgan fingerprint density at radius 1 is 1.14 bits per heavy atom. The predicted molar refractivity (Wildman–Crippen MR) is 81.6 cm³/mol. The van der Waals surface area contributed by atoms with Gasteiger partial charge in [0.1, 0.15) is 5.82 Å². The van der Waals surface area contributed by atoms with Crippen molar-refractivity contribution in [1.82, 2.24) is 0 Å². The number of hydrogen-bond acceptors (Lipinski definition) is 4. The van der Waals surface area contributed by atoms with Crippen molar-refractivity contribution < 1.29 is 23.5 Å². The number of carbonyl (C=O) groups is 2. The van der Waals surface area contributed by atoms with Crippen LogP contribution in [0.3, 0.4) is 0 Å². The minimum Gasteiger partial charge on any atom is -0.465 e. The first-order valence-corrected chi connectivity index (χ1v) is 7.55. The van der Waals surface area contributed by atoms with Crippen molar-refractivity contribution in [1.29, 1.82) is 0 Å². The lowest BCUT2D eigenvalue weighted by atomic mass is 9.98. The largest absolute Gasteiger partial charge is 0.465 e. The summed E-state index contributed by atoms with van der Waals surface area (Å²) in [5.74, 6) is -3.90. The molecular weight excluding hydrogens is 358 g/mol. The average molecular weight is 372 g/mol. The molecule has 0 radical (unpaired) electrons. The van der Waals surface area contributed by atoms with Gasteiger partial charge in [-0.1, -0.05) is 46.9 Å². The van der Waals surface area contributed by atoms with E-state index in [2.05, 4.69) is 0 Å². The van der Waals surface area contributed by atoms with Crippen LogP contribution in [0.15, 0.2) is 18.2 Å². The number of esters is 2. The minimum absolute atomic E-state index is 0.0624. The van der Waals surface area contributed by atoms with Crippen LogP contribution in [0.5, 0.6) is 0 Å². The summed E-state index contributed by atoms with van der Waals surface area (Å²) in [4.78, 5) is 23.9. The van der Waals surface area contributed by atoms with E-state index in [9.17, 15) is 14.0 Å². The molecule has 122 valence electrons. The van der Waals surface area contributed by atoms with Gasteiger partial charge < -0.3 is 9.47 Å². The second-order valence-corrected chi connectivity index (χ2v) is 6.46. The van der Waals surface area contributed by atoms with Crippen LogP contribution in [0, 0.1) is 5.82 Å². The quantitative estimate of drug-likeness (QED) is 0.448. The molecular formula is C14H14Cl3FO4. The van der Waals surface area contributed by atoms with Gasteiger partial charge in [-0.2, -0.15) is 0 Å². The predicted octanol–water partition coefficient (Wildman–Crippen LogP) is 3.86. The Bertz CT molecular complexity index is 540. The maximum absolute atomic E-state index is 14.0. The number of ether oxygens (including phenoxy) is 2. The van der Waals surface area contributed by atoms with E-state index in [-0.39, 0.29) is 24.3 Å². The molecule has 0 aliphatic rings. The van der Waals surface area contributed by atoms with Gasteiger partial charge in [0.25, 0.3) is 0 Å². The molecule has 0 N–H and O–H groups in total. The summed E-state index contributed by atoms with van der Waals surface area (Å²) in [6, 6.07) is 3.47. The van der Waals surface area contributed by atoms with E-state index >= 15 is 0 Å². The number of halogens is 4. The molecule has 0 spiro atoms. The fourth-order valence-electron chi connectivity index (χ4n) is 1.76. The zero-order valence-electron chi connectivity index (χ0n) is 11.9. The Morgan fingerprint density at radius 2 is 1.64 bits per heavy atom. The monoisotopic (exact) mass is 370 g/mol. The van der Waals surface area contributed by atoms with E-state index in [1.54, 1.807) is 13.8 Å². The molecule has 22 heavy (non-hydrogen) atoms. The second kappa shape index (κ2) is 7.99. The smallest absolute Gasteiger partial charge is 0.324 e. The summed E-state index contributed by atoms with van der Waals surface area (Å²) in [6.07, 6.45) is 0. The molecule has 8 heteroatoms. The number of alkyl halides is 3. The summed E-state index contributed by atoms with van der Waals surface area (Å²) in [5.41, 5.74) is -0.125. The van der Waals surface area contributed by atoms with Gasteiger partial charge >= 0.3 is 11.9 Å². The Hall–Kier alpha value is -1.04. The van der Waals surface area contributed by atoms with Crippen LogP contribution < -0.4 is 0 Å². The van der Waals surface area contributed by atoms with E-state index in [0.717, 1.165) is 6.07 Å². The Labute approximate surface area is 142 Å². The van der Waals surface area contributed by atoms with E-state index < -0.39 is 27.5 Å². The summed E-state index contributed by atoms with van der Waals surface area (Å²) in [7, 11) is 0. The highest BCUT2D eigenvalue weighted by molar-refractivity contribution is 6.66. The normalized spacial score (nSPS) is 11.4. The standard InChI is InChI=1S/C14H14Cl3FO4/c1-3-21-12(19)11(13(20)22-4-2)8-5-6-9(10(18)7-8)14(15,16)17/h5-7,11H,3-4H2,1-2H3. The number of carbonyl (C=O) groups excluding carboxylic acids is 2. The highest BCUT2D eigenvalue weighted by atomic mass is 35.6. The molecule has 1 aromatic rings. The van der Waals surface area contributed by atoms with Crippen molar-refractivity contribution in [3.63, 3.8) is 0 Å². The number of hydrogen-bond donors (Lipinski definition) is 0. The molecule has 4 nitrogen and oxygen atoms in total. The van der Waals surface area contributed by atoms with Crippen LogP contribution in [0.2, 0.25) is 0 Å². The maximum atomic E-state index is 14.0. The molecule has 0 saturated heterocycles. The van der Waals surface area contributed by atoms with E-state index in [1.807, 2.05) is 0 Å². The van der Waals surface area contributed by atoms with Crippen LogP contribution in [-0.2, 0) is 22.9 Å². The van der Waals surface area contributed by atoms with Gasteiger partial charge in [0.2, 0.25) is 3.79 Å². The first kappa shape index (κ1) is 19.0. The van der Waals surface area contributed by atoms with Crippen molar-refractivity contribution in [3.05, 3.63) is 35.1 Å². The van der Waals surface area contributed by atoms with E-state index in [4.69, 9.17) is 44.3 Å². The van der Waals surface area contributed by atoms with Crippen molar-refractivity contribution in [2.75, 3.05) is 13.2 Å². The van der Waals surface area contributed by atoms with Gasteiger partial charge in [0.05, 0.1) is 13.2 Å². The van der Waals surface area contributed by atoms with Crippen molar-refractivity contribution in [2.24, 2.45) is 0 Å². The van der Waals surface area contributed by atoms with Crippen molar-refractivity contribution >= 4 is 46.7 Å². The van der Waals surface area contributed by atoms with Crippen LogP contribution in [0.4, 0.5) is 4.39 Å². The van der Waals surface area contributed by atoms with Gasteiger partial charge in [0, 0.05) is 5.56 Å². The Morgan fingerprint density at radius 3 is 2.00 bits per heavy atom. The minimum atomic E-state index is -1.95. The first-order valence-electron chi connectivity index (χ1n) is 6.42. The van der Waals surface area contributed by atoms with Crippen molar-refractivity contribution in [2.45, 2.75) is 23.6 Å². The van der Waals surface area contributed by atoms with Crippen molar-refractivity contribution in [3.8, 4) is 0 Å². The molecule has 0 unspecified atom stereocenters. The summed E-state index contributed by atoms with van der Waals surface area (Å²) < 4.78 is 21.7. The average Bonchev–Trinajstić information content (AvgIpc) is 2.38. The fourth-order valence-corrected chi connectivity index (χ4v) is 2.22. The molecule has 0 heterocycles. The summed E-state index contributed by atoms with van der Waals surface area (Å²) in [5, 5.41) is 0. The lowest BCUT2D eigenvalue weighted by Crippen LogP contribution is -2.26. The van der Waals surface area contributed by atoms with E-state index in [0.29, 0.717) is 0 Å². The molecule has 0 aromatic heterocycles. The van der Waals surface area contributed by atoms with Crippen LogP contribution in [0.25, 0.3) is 0 Å². The molecule has 0 bridgehead atoms. The molecule has 0 saturated carbocycles. The molecule has 0 atom stereocenters. The van der Waals surface area contributed by atoms with Gasteiger partial charge in [-0.15, -0.1) is 0 Å². The van der Waals surface area contributed by atoms with Gasteiger partial charge in [0.15, 0.2) is 5.92 Å². The topological polar surface area (TPSA) is 52.6 Å². The summed E-state index contributed by atoms with van der Waals surface area (Å²) in [6.45, 7) is 3.33.